The standard InChI is InChI=1S/C17H20BrN3O2.HI/c1-22-12-13-4-2-3-5-16(13)21-17(19)20-10-11-23-15-8-6-14(18)7-9-15;/h2-9H,10-12H2,1H3,(H3,19,20,21);1H. The number of anilines is 1. The van der Waals surface area contributed by atoms with Crippen LogP contribution in [0.2, 0.25) is 0 Å². The van der Waals surface area contributed by atoms with Crippen LogP contribution in [0.4, 0.5) is 5.69 Å². The molecule has 0 saturated heterocycles. The SMILES string of the molecule is COCc1ccccc1NC(N)=NCCOc1ccc(Br)cc1.I. The molecule has 130 valence electrons. The first-order valence-electron chi connectivity index (χ1n) is 7.21. The zero-order valence-corrected chi connectivity index (χ0v) is 17.3. The Bertz CT molecular complexity index is 651. The van der Waals surface area contributed by atoms with Crippen molar-refractivity contribution in [2.45, 2.75) is 6.61 Å². The molecule has 0 aliphatic rings. The molecule has 0 radical (unpaired) electrons. The van der Waals surface area contributed by atoms with Gasteiger partial charge in [0.25, 0.3) is 0 Å². The normalized spacial score (nSPS) is 10.8. The minimum Gasteiger partial charge on any atom is -0.492 e. The number of rotatable bonds is 7. The van der Waals surface area contributed by atoms with Gasteiger partial charge in [0.05, 0.1) is 13.2 Å². The summed E-state index contributed by atoms with van der Waals surface area (Å²) in [7, 11) is 1.66. The van der Waals surface area contributed by atoms with Crippen LogP contribution in [0, 0.1) is 0 Å². The van der Waals surface area contributed by atoms with Crippen molar-refractivity contribution in [3.8, 4) is 5.75 Å². The van der Waals surface area contributed by atoms with Crippen LogP contribution in [0.3, 0.4) is 0 Å². The van der Waals surface area contributed by atoms with Crippen LogP contribution in [0.25, 0.3) is 0 Å². The Morgan fingerprint density at radius 3 is 2.58 bits per heavy atom. The second kappa shape index (κ2) is 11.3. The van der Waals surface area contributed by atoms with Crippen molar-refractivity contribution < 1.29 is 9.47 Å². The lowest BCUT2D eigenvalue weighted by atomic mass is 10.2. The summed E-state index contributed by atoms with van der Waals surface area (Å²) in [6, 6.07) is 15.5. The quantitative estimate of drug-likeness (QED) is 0.258. The van der Waals surface area contributed by atoms with Crippen molar-refractivity contribution in [3.05, 3.63) is 58.6 Å². The number of ether oxygens (including phenoxy) is 2. The molecule has 0 aliphatic heterocycles. The molecule has 0 bridgehead atoms. The lowest BCUT2D eigenvalue weighted by Crippen LogP contribution is -2.24. The molecule has 0 spiro atoms. The van der Waals surface area contributed by atoms with E-state index in [1.54, 1.807) is 7.11 Å². The summed E-state index contributed by atoms with van der Waals surface area (Å²) in [6.07, 6.45) is 0. The Balaban J connectivity index is 0.00000288. The second-order valence-electron chi connectivity index (χ2n) is 4.78. The predicted octanol–water partition coefficient (Wildman–Crippen LogP) is 4.02. The number of halogens is 2. The molecule has 0 aliphatic carbocycles. The summed E-state index contributed by atoms with van der Waals surface area (Å²) < 4.78 is 11.8. The van der Waals surface area contributed by atoms with E-state index in [4.69, 9.17) is 15.2 Å². The molecule has 0 heterocycles. The highest BCUT2D eigenvalue weighted by molar-refractivity contribution is 14.0. The van der Waals surface area contributed by atoms with E-state index >= 15 is 0 Å². The second-order valence-corrected chi connectivity index (χ2v) is 5.70. The van der Waals surface area contributed by atoms with Crippen molar-refractivity contribution in [2.75, 3.05) is 25.6 Å². The molecule has 2 aromatic carbocycles. The first-order valence-corrected chi connectivity index (χ1v) is 8.00. The van der Waals surface area contributed by atoms with Crippen LogP contribution in [0.1, 0.15) is 5.56 Å². The first-order chi connectivity index (χ1) is 11.2. The van der Waals surface area contributed by atoms with Gasteiger partial charge in [0.1, 0.15) is 12.4 Å². The predicted molar refractivity (Wildman–Crippen MR) is 112 cm³/mol. The van der Waals surface area contributed by atoms with Gasteiger partial charge in [-0.3, -0.25) is 0 Å². The summed E-state index contributed by atoms with van der Waals surface area (Å²) in [5.41, 5.74) is 7.83. The molecule has 0 amide bonds. The van der Waals surface area contributed by atoms with E-state index in [-0.39, 0.29) is 24.0 Å². The van der Waals surface area contributed by atoms with E-state index in [2.05, 4.69) is 26.2 Å². The molecule has 3 N–H and O–H groups in total. The Kier molecular flexibility index (Phi) is 9.73. The monoisotopic (exact) mass is 505 g/mol. The highest BCUT2D eigenvalue weighted by atomic mass is 127. The molecule has 0 atom stereocenters. The number of nitrogens with zero attached hydrogens (tertiary/aromatic N) is 1. The molecule has 5 nitrogen and oxygen atoms in total. The van der Waals surface area contributed by atoms with Gasteiger partial charge < -0.3 is 20.5 Å². The third-order valence-electron chi connectivity index (χ3n) is 3.04. The largest absolute Gasteiger partial charge is 0.492 e. The lowest BCUT2D eigenvalue weighted by Gasteiger charge is -2.11. The highest BCUT2D eigenvalue weighted by Gasteiger charge is 2.02. The molecule has 0 saturated carbocycles. The maximum absolute atomic E-state index is 5.91. The fraction of sp³-hybridized carbons (Fsp3) is 0.235. The highest BCUT2D eigenvalue weighted by Crippen LogP contribution is 2.16. The molecular formula is C17H21BrIN3O2. The number of hydrogen-bond acceptors (Lipinski definition) is 3. The van der Waals surface area contributed by atoms with E-state index in [0.717, 1.165) is 21.5 Å². The molecule has 0 aromatic heterocycles. The van der Waals surface area contributed by atoms with E-state index < -0.39 is 0 Å². The van der Waals surface area contributed by atoms with Crippen LogP contribution in [-0.4, -0.2) is 26.2 Å². The number of benzene rings is 2. The van der Waals surface area contributed by atoms with Crippen molar-refractivity contribution in [1.82, 2.24) is 0 Å². The van der Waals surface area contributed by atoms with Gasteiger partial charge in [0.15, 0.2) is 5.96 Å². The number of nitrogens with two attached hydrogens (primary N) is 1. The number of nitrogens with one attached hydrogen (secondary N) is 1. The average molecular weight is 506 g/mol. The number of hydrogen-bond donors (Lipinski definition) is 2. The van der Waals surface area contributed by atoms with Gasteiger partial charge in [-0.15, -0.1) is 24.0 Å². The molecule has 24 heavy (non-hydrogen) atoms. The molecule has 7 heteroatoms. The number of para-hydroxylation sites is 1. The van der Waals surface area contributed by atoms with Gasteiger partial charge in [-0.2, -0.15) is 0 Å². The maximum atomic E-state index is 5.91. The van der Waals surface area contributed by atoms with E-state index in [1.165, 1.54) is 0 Å². The Labute approximate surface area is 167 Å². The van der Waals surface area contributed by atoms with Gasteiger partial charge in [0.2, 0.25) is 0 Å². The van der Waals surface area contributed by atoms with Gasteiger partial charge >= 0.3 is 0 Å². The van der Waals surface area contributed by atoms with Gasteiger partial charge in [0, 0.05) is 22.8 Å². The lowest BCUT2D eigenvalue weighted by molar-refractivity contribution is 0.185. The molecular weight excluding hydrogens is 485 g/mol. The maximum Gasteiger partial charge on any atom is 0.193 e. The van der Waals surface area contributed by atoms with E-state index in [1.807, 2.05) is 48.5 Å². The molecule has 0 unspecified atom stereocenters. The molecule has 2 aromatic rings. The first kappa shape index (κ1) is 20.7. The summed E-state index contributed by atoms with van der Waals surface area (Å²) in [4.78, 5) is 4.26. The Morgan fingerprint density at radius 2 is 1.88 bits per heavy atom. The Hall–Kier alpha value is -1.32. The third kappa shape index (κ3) is 7.06. The van der Waals surface area contributed by atoms with E-state index in [0.29, 0.717) is 25.7 Å². The van der Waals surface area contributed by atoms with Crippen LogP contribution < -0.4 is 15.8 Å². The van der Waals surface area contributed by atoms with Gasteiger partial charge in [-0.1, -0.05) is 34.1 Å². The van der Waals surface area contributed by atoms with Crippen molar-refractivity contribution in [2.24, 2.45) is 10.7 Å². The zero-order chi connectivity index (χ0) is 16.5. The topological polar surface area (TPSA) is 68.9 Å². The summed E-state index contributed by atoms with van der Waals surface area (Å²) in [5, 5.41) is 3.09. The number of methoxy groups -OCH3 is 1. The van der Waals surface area contributed by atoms with Crippen LogP contribution in [0.15, 0.2) is 58.0 Å². The molecule has 2 rings (SSSR count). The number of aliphatic imine (C=N–C) groups is 1. The summed E-state index contributed by atoms with van der Waals surface area (Å²) in [6.45, 7) is 1.45. The van der Waals surface area contributed by atoms with Crippen molar-refractivity contribution >= 4 is 51.6 Å². The molecule has 0 fully saturated rings. The third-order valence-corrected chi connectivity index (χ3v) is 3.56. The fourth-order valence-electron chi connectivity index (χ4n) is 1.96. The minimum atomic E-state index is 0. The summed E-state index contributed by atoms with van der Waals surface area (Å²) >= 11 is 3.38. The number of guanidine groups is 1. The summed E-state index contributed by atoms with van der Waals surface area (Å²) in [5.74, 6) is 1.16. The Morgan fingerprint density at radius 1 is 1.17 bits per heavy atom. The van der Waals surface area contributed by atoms with Gasteiger partial charge in [-0.05, 0) is 30.3 Å². The fourth-order valence-corrected chi connectivity index (χ4v) is 2.23. The minimum absolute atomic E-state index is 0. The smallest absolute Gasteiger partial charge is 0.193 e. The van der Waals surface area contributed by atoms with E-state index in [9.17, 15) is 0 Å². The van der Waals surface area contributed by atoms with Crippen LogP contribution in [-0.2, 0) is 11.3 Å². The van der Waals surface area contributed by atoms with Crippen LogP contribution in [0.5, 0.6) is 5.75 Å². The van der Waals surface area contributed by atoms with Gasteiger partial charge in [-0.25, -0.2) is 4.99 Å². The zero-order valence-electron chi connectivity index (χ0n) is 13.4. The van der Waals surface area contributed by atoms with Crippen LogP contribution >= 0.6 is 39.9 Å². The van der Waals surface area contributed by atoms with Crippen molar-refractivity contribution in [1.29, 1.82) is 0 Å². The van der Waals surface area contributed by atoms with Crippen molar-refractivity contribution in [3.63, 3.8) is 0 Å². The average Bonchev–Trinajstić information content (AvgIpc) is 2.55.